The number of nitrogens with zero attached hydrogens (tertiary/aromatic N) is 2. The Labute approximate surface area is 152 Å². The van der Waals surface area contributed by atoms with Gasteiger partial charge in [0, 0.05) is 19.8 Å². The Morgan fingerprint density at radius 2 is 1.92 bits per heavy atom. The average molecular weight is 379 g/mol. The lowest BCUT2D eigenvalue weighted by molar-refractivity contribution is -0.132. The molecule has 0 saturated carbocycles. The molecule has 0 bridgehead atoms. The number of amides is 4. The number of hydrogen-bond donors (Lipinski definition) is 1. The van der Waals surface area contributed by atoms with Crippen LogP contribution in [0.5, 0.6) is 0 Å². The van der Waals surface area contributed by atoms with Crippen molar-refractivity contribution >= 4 is 27.7 Å². The van der Waals surface area contributed by atoms with E-state index in [1.54, 1.807) is 30.3 Å². The highest BCUT2D eigenvalue weighted by molar-refractivity contribution is 7.90. The van der Waals surface area contributed by atoms with Gasteiger partial charge in [0.1, 0.15) is 15.4 Å². The van der Waals surface area contributed by atoms with Gasteiger partial charge >= 0.3 is 6.03 Å². The number of hydrogen-bond acceptors (Lipinski definition) is 5. The van der Waals surface area contributed by atoms with Gasteiger partial charge in [0.25, 0.3) is 5.91 Å². The number of likely N-dealkylation sites (N-methyl/N-ethyl adjacent to an activating group) is 1. The first-order chi connectivity index (χ1) is 12.1. The number of nitrogens with one attached hydrogen (secondary N) is 1. The molecule has 1 aromatic carbocycles. The number of carbonyl (C=O) groups is 3. The molecule has 140 valence electrons. The zero-order valence-corrected chi connectivity index (χ0v) is 15.5. The predicted molar refractivity (Wildman–Crippen MR) is 94.1 cm³/mol. The number of urea groups is 1. The van der Waals surface area contributed by atoms with Crippen molar-refractivity contribution in [3.63, 3.8) is 0 Å². The van der Waals surface area contributed by atoms with Crippen molar-refractivity contribution in [1.82, 2.24) is 15.1 Å². The van der Waals surface area contributed by atoms with Gasteiger partial charge in [-0.15, -0.1) is 0 Å². The Bertz CT molecular complexity index is 854. The first-order valence-corrected chi connectivity index (χ1v) is 10.3. The Kier molecular flexibility index (Phi) is 4.51. The van der Waals surface area contributed by atoms with Gasteiger partial charge in [-0.1, -0.05) is 30.3 Å². The predicted octanol–water partition coefficient (Wildman–Crippen LogP) is -0.0325. The zero-order valence-electron chi connectivity index (χ0n) is 14.6. The van der Waals surface area contributed by atoms with Crippen LogP contribution in [0.3, 0.4) is 0 Å². The van der Waals surface area contributed by atoms with E-state index in [1.165, 1.54) is 11.9 Å². The summed E-state index contributed by atoms with van der Waals surface area (Å²) in [6.45, 7) is 0.333. The van der Waals surface area contributed by atoms with Crippen LogP contribution in [-0.4, -0.2) is 73.7 Å². The topological polar surface area (TPSA) is 104 Å². The van der Waals surface area contributed by atoms with Crippen LogP contribution >= 0.6 is 0 Å². The number of carbonyl (C=O) groups excluding carboxylic acids is 3. The van der Waals surface area contributed by atoms with E-state index in [4.69, 9.17) is 0 Å². The SMILES string of the molecule is CN1C(=O)NC2(CCN(C(=O)C(CS(C)(=O)=O)c3ccccc3)C2)C1=O. The molecule has 2 aliphatic rings. The maximum absolute atomic E-state index is 13.1. The van der Waals surface area contributed by atoms with E-state index in [1.807, 2.05) is 0 Å². The molecule has 8 nitrogen and oxygen atoms in total. The minimum Gasteiger partial charge on any atom is -0.339 e. The van der Waals surface area contributed by atoms with Gasteiger partial charge in [-0.25, -0.2) is 13.2 Å². The highest BCUT2D eigenvalue weighted by atomic mass is 32.2. The summed E-state index contributed by atoms with van der Waals surface area (Å²) in [5.41, 5.74) is -0.490. The Morgan fingerprint density at radius 3 is 2.46 bits per heavy atom. The molecule has 2 fully saturated rings. The first kappa shape index (κ1) is 18.4. The van der Waals surface area contributed by atoms with E-state index in [-0.39, 0.29) is 30.7 Å². The summed E-state index contributed by atoms with van der Waals surface area (Å²) in [5.74, 6) is -1.86. The molecule has 1 spiro atoms. The van der Waals surface area contributed by atoms with Crippen LogP contribution in [0, 0.1) is 0 Å². The minimum absolute atomic E-state index is 0.0494. The van der Waals surface area contributed by atoms with E-state index in [2.05, 4.69) is 5.32 Å². The van der Waals surface area contributed by atoms with Crippen LogP contribution in [0.15, 0.2) is 30.3 Å². The number of imide groups is 1. The lowest BCUT2D eigenvalue weighted by atomic mass is 9.98. The van der Waals surface area contributed by atoms with Crippen molar-refractivity contribution in [3.8, 4) is 0 Å². The molecule has 4 amide bonds. The van der Waals surface area contributed by atoms with E-state index in [9.17, 15) is 22.8 Å². The first-order valence-electron chi connectivity index (χ1n) is 8.25. The van der Waals surface area contributed by atoms with Crippen LogP contribution in [-0.2, 0) is 19.4 Å². The molecule has 1 N–H and O–H groups in total. The van der Waals surface area contributed by atoms with Crippen molar-refractivity contribution < 1.29 is 22.8 Å². The fourth-order valence-corrected chi connectivity index (χ4v) is 4.49. The van der Waals surface area contributed by atoms with Crippen molar-refractivity contribution in [2.75, 3.05) is 32.1 Å². The van der Waals surface area contributed by atoms with Gasteiger partial charge in [-0.2, -0.15) is 0 Å². The number of rotatable bonds is 4. The fourth-order valence-electron chi connectivity index (χ4n) is 3.55. The van der Waals surface area contributed by atoms with Crippen LogP contribution in [0.25, 0.3) is 0 Å². The van der Waals surface area contributed by atoms with E-state index in [0.29, 0.717) is 12.0 Å². The lowest BCUT2D eigenvalue weighted by Gasteiger charge is -2.25. The molecule has 2 atom stereocenters. The van der Waals surface area contributed by atoms with Gasteiger partial charge in [0.15, 0.2) is 0 Å². The third-order valence-corrected chi connectivity index (χ3v) is 5.85. The van der Waals surface area contributed by atoms with E-state index >= 15 is 0 Å². The van der Waals surface area contributed by atoms with Crippen molar-refractivity contribution in [3.05, 3.63) is 35.9 Å². The molecule has 2 saturated heterocycles. The molecule has 0 aromatic heterocycles. The van der Waals surface area contributed by atoms with Crippen LogP contribution in [0.4, 0.5) is 4.79 Å². The molecule has 9 heteroatoms. The molecular formula is C17H21N3O5S. The summed E-state index contributed by atoms with van der Waals surface area (Å²) in [6.07, 6.45) is 1.41. The molecule has 3 rings (SSSR count). The lowest BCUT2D eigenvalue weighted by Crippen LogP contribution is -2.50. The maximum Gasteiger partial charge on any atom is 0.324 e. The second-order valence-electron chi connectivity index (χ2n) is 6.94. The summed E-state index contributed by atoms with van der Waals surface area (Å²) in [4.78, 5) is 39.7. The molecule has 2 unspecified atom stereocenters. The van der Waals surface area contributed by atoms with Crippen molar-refractivity contribution in [2.45, 2.75) is 17.9 Å². The number of benzene rings is 1. The number of sulfone groups is 1. The highest BCUT2D eigenvalue weighted by Gasteiger charge is 2.54. The summed E-state index contributed by atoms with van der Waals surface area (Å²) >= 11 is 0. The second kappa shape index (κ2) is 6.39. The third kappa shape index (κ3) is 3.31. The zero-order chi connectivity index (χ0) is 19.1. The second-order valence-corrected chi connectivity index (χ2v) is 9.13. The minimum atomic E-state index is -3.39. The van der Waals surface area contributed by atoms with Gasteiger partial charge in [0.2, 0.25) is 5.91 Å². The monoisotopic (exact) mass is 379 g/mol. The van der Waals surface area contributed by atoms with E-state index < -0.39 is 27.3 Å². The van der Waals surface area contributed by atoms with Gasteiger partial charge in [0.05, 0.1) is 18.2 Å². The maximum atomic E-state index is 13.1. The van der Waals surface area contributed by atoms with Crippen LogP contribution in [0.2, 0.25) is 0 Å². The van der Waals surface area contributed by atoms with Gasteiger partial charge in [-0.3, -0.25) is 14.5 Å². The largest absolute Gasteiger partial charge is 0.339 e. The standard InChI is InChI=1S/C17H21N3O5S/c1-19-15(22)17(18-16(19)23)8-9-20(11-17)14(21)13(10-26(2,24)25)12-6-4-3-5-7-12/h3-7,13H,8-11H2,1-2H3,(H,18,23). The summed E-state index contributed by atoms with van der Waals surface area (Å²) in [6, 6.07) is 8.24. The molecular weight excluding hydrogens is 358 g/mol. The van der Waals surface area contributed by atoms with Gasteiger partial charge < -0.3 is 10.2 Å². The quantitative estimate of drug-likeness (QED) is 0.740. The molecule has 1 aromatic rings. The Hall–Kier alpha value is -2.42. The third-order valence-electron chi connectivity index (χ3n) is 4.92. The summed E-state index contributed by atoms with van der Waals surface area (Å²) in [5, 5.41) is 2.67. The molecule has 26 heavy (non-hydrogen) atoms. The average Bonchev–Trinajstić information content (AvgIpc) is 3.10. The molecule has 0 radical (unpaired) electrons. The number of likely N-dealkylation sites (tertiary alicyclic amines) is 1. The van der Waals surface area contributed by atoms with Crippen LogP contribution in [0.1, 0.15) is 17.9 Å². The van der Waals surface area contributed by atoms with Crippen molar-refractivity contribution in [1.29, 1.82) is 0 Å². The summed E-state index contributed by atoms with van der Waals surface area (Å²) < 4.78 is 23.7. The normalized spacial score (nSPS) is 24.2. The Morgan fingerprint density at radius 1 is 1.27 bits per heavy atom. The molecule has 0 aliphatic carbocycles. The van der Waals surface area contributed by atoms with E-state index in [0.717, 1.165) is 11.2 Å². The summed E-state index contributed by atoms with van der Waals surface area (Å²) in [7, 11) is -2.00. The highest BCUT2D eigenvalue weighted by Crippen LogP contribution is 2.31. The fraction of sp³-hybridized carbons (Fsp3) is 0.471. The smallest absolute Gasteiger partial charge is 0.324 e. The van der Waals surface area contributed by atoms with Crippen LogP contribution < -0.4 is 5.32 Å². The Balaban J connectivity index is 1.85. The van der Waals surface area contributed by atoms with Crippen molar-refractivity contribution in [2.24, 2.45) is 0 Å². The molecule has 2 heterocycles. The van der Waals surface area contributed by atoms with Gasteiger partial charge in [-0.05, 0) is 12.0 Å². The molecule has 2 aliphatic heterocycles.